The lowest BCUT2D eigenvalue weighted by atomic mass is 9.94. The van der Waals surface area contributed by atoms with Crippen molar-refractivity contribution in [2.75, 3.05) is 11.7 Å². The van der Waals surface area contributed by atoms with Crippen molar-refractivity contribution in [2.45, 2.75) is 95.2 Å². The zero-order valence-electron chi connectivity index (χ0n) is 69.7. The fourth-order valence-electron chi connectivity index (χ4n) is 14.0. The first-order valence-corrected chi connectivity index (χ1v) is 49.5. The first-order chi connectivity index (χ1) is 64.0. The van der Waals surface area contributed by atoms with Crippen LogP contribution in [0.1, 0.15) is 143 Å². The SMILES string of the molecule is C[C@@H](N1CN([C@H]2c3ccccc3CSc3cccc(Cl)c32)n2ccc(=O)c(O)c2C1=O)C(F)(F)F.O=C(O)c1c(Cl)cccc1S(=O)Cc1ccccc1.O=C(O)c1c(Cl)cccc1SCc1ccccc1.O=C1c2ccccc2CSc2cccc(Cl)c21.O=Cc1c(Cl)cccc1Cl.O=Cc1c(Cl)cccc1SCc1ccccc1.OC1c2ccccc2CSc2cccc(Cl)c21. The van der Waals surface area contributed by atoms with Gasteiger partial charge in [0.2, 0.25) is 5.43 Å². The van der Waals surface area contributed by atoms with Crippen LogP contribution in [0.3, 0.4) is 0 Å². The van der Waals surface area contributed by atoms with Gasteiger partial charge in [-0.1, -0.05) is 299 Å². The molecule has 2 unspecified atom stereocenters. The number of aromatic carboxylic acids is 2. The summed E-state index contributed by atoms with van der Waals surface area (Å²) >= 11 is 56.0. The average molecular weight is 2060 g/mol. The quantitative estimate of drug-likeness (QED) is 0.0552. The summed E-state index contributed by atoms with van der Waals surface area (Å²) in [5.41, 5.74) is 10.8. The molecule has 680 valence electrons. The molecule has 5 heterocycles. The molecule has 4 aliphatic rings. The minimum Gasteiger partial charge on any atom is -0.502 e. The second-order valence-electron chi connectivity index (χ2n) is 29.1. The number of carboxylic acid groups (broad SMARTS) is 2. The number of amides is 1. The first-order valence-electron chi connectivity index (χ1n) is 40.2. The number of hydrogen-bond donors (Lipinski definition) is 4. The number of aliphatic hydroxyl groups is 1. The third-order valence-electron chi connectivity index (χ3n) is 20.7. The Bertz CT molecular complexity index is 6660. The number of ketones is 1. The van der Waals surface area contributed by atoms with Crippen molar-refractivity contribution in [3.05, 3.63) is 449 Å². The van der Waals surface area contributed by atoms with Crippen LogP contribution in [0.15, 0.2) is 338 Å². The van der Waals surface area contributed by atoms with Crippen LogP contribution in [-0.4, -0.2) is 89.3 Å². The maximum absolute atomic E-state index is 13.8. The van der Waals surface area contributed by atoms with E-state index in [1.165, 1.54) is 50.9 Å². The highest BCUT2D eigenvalue weighted by atomic mass is 35.5. The van der Waals surface area contributed by atoms with Crippen LogP contribution in [0.5, 0.6) is 5.75 Å². The number of fused-ring (bicyclic) bond motifs is 7. The third-order valence-corrected chi connectivity index (χ3v) is 30.3. The molecule has 1 amide bonds. The number of hydrogen-bond acceptors (Lipinski definition) is 16. The number of nitrogens with zero attached hydrogens (tertiary/aromatic N) is 3. The van der Waals surface area contributed by atoms with E-state index in [4.69, 9.17) is 103 Å². The first kappa shape index (κ1) is 102. The van der Waals surface area contributed by atoms with Crippen LogP contribution < -0.4 is 10.4 Å². The molecular weight excluding hydrogens is 1980 g/mol. The van der Waals surface area contributed by atoms with Crippen molar-refractivity contribution in [3.63, 3.8) is 0 Å². The average Bonchev–Trinajstić information content (AvgIpc) is 1.69. The Morgan fingerprint density at radius 2 is 0.910 bits per heavy atom. The second-order valence-corrected chi connectivity index (χ2v) is 38.9. The molecular formula is C101H76Cl8F3N3O12S6. The number of pyridine rings is 1. The highest BCUT2D eigenvalue weighted by Crippen LogP contribution is 2.48. The van der Waals surface area contributed by atoms with Gasteiger partial charge in [-0.3, -0.25) is 37.9 Å². The minimum atomic E-state index is -4.72. The molecule has 1 aromatic heterocycles. The van der Waals surface area contributed by atoms with Crippen molar-refractivity contribution in [2.24, 2.45) is 0 Å². The Morgan fingerprint density at radius 3 is 1.47 bits per heavy atom. The molecule has 0 fully saturated rings. The Labute approximate surface area is 828 Å². The standard InChI is InChI=1S/C24H19ClF3N3O3S.C14H11ClO3S.C14H11ClO2S.C14H11ClOS.C14H9ClOS.C14H11ClOS.C7H4Cl2O/c1-13(24(26,27)28)29-12-31(30-10-9-17(32)22(33)21(30)23(29)34)20-15-6-3-2-5-14(15)11-35-18-8-4-7-16(25)19(18)20;15-11-7-4-8-12(13(11)14(16)17)19(18)9-10-5-2-1-3-6-10;15-11-7-4-8-12(13(11)14(16)17)18-9-10-5-2-1-3-6-10;2*15-11-6-3-7-12-13(11)14(16)10-5-2-1-4-9(10)8-17-12;15-13-7-4-8-14(12(13)9-16)17-10-11-5-2-1-3-6-11;8-6-2-1-3-7(9)5(6)4-10/h2-10,13,20,33H,11-12H2,1H3;1-8H,9H2,(H,16,17);1-8H,9H2,(H,16,17);1-7,14,16H,8H2;1-7H,8H2;1-9H,10H2;1-4H/t13-,20+;;;;;;/m1....../s1. The topological polar surface area (TPSA) is 229 Å². The number of thioether (sulfide) groups is 5. The van der Waals surface area contributed by atoms with Gasteiger partial charge in [0.25, 0.3) is 5.91 Å². The molecule has 32 heteroatoms. The lowest BCUT2D eigenvalue weighted by molar-refractivity contribution is -0.173. The molecule has 133 heavy (non-hydrogen) atoms. The monoisotopic (exact) mass is 2050 g/mol. The molecule has 15 nitrogen and oxygen atoms in total. The van der Waals surface area contributed by atoms with Gasteiger partial charge in [0, 0.05) is 97.8 Å². The second kappa shape index (κ2) is 48.3. The van der Waals surface area contributed by atoms with E-state index in [-0.39, 0.29) is 37.6 Å². The fraction of sp³-hybridized carbons (Fsp3) is 0.119. The lowest BCUT2D eigenvalue weighted by Crippen LogP contribution is -2.60. The molecule has 0 saturated carbocycles. The molecule has 14 aromatic rings. The van der Waals surface area contributed by atoms with Crippen molar-refractivity contribution in [1.29, 1.82) is 0 Å². The van der Waals surface area contributed by atoms with Gasteiger partial charge in [0.1, 0.15) is 24.9 Å². The molecule has 4 N–H and O–H groups in total. The summed E-state index contributed by atoms with van der Waals surface area (Å²) in [6.07, 6.45) is -2.59. The number of aromatic nitrogens is 1. The number of aldehydes is 2. The van der Waals surface area contributed by atoms with E-state index < -0.39 is 76.6 Å². The van der Waals surface area contributed by atoms with Crippen molar-refractivity contribution in [3.8, 4) is 5.75 Å². The van der Waals surface area contributed by atoms with Gasteiger partial charge < -0.3 is 25.3 Å². The molecule has 0 aliphatic carbocycles. The predicted molar refractivity (Wildman–Crippen MR) is 533 cm³/mol. The zero-order chi connectivity index (χ0) is 95.2. The van der Waals surface area contributed by atoms with E-state index >= 15 is 0 Å². The molecule has 0 radical (unpaired) electrons. The molecule has 0 saturated heterocycles. The minimum absolute atomic E-state index is 0.0335. The molecule has 13 aromatic carbocycles. The maximum Gasteiger partial charge on any atom is 0.408 e. The summed E-state index contributed by atoms with van der Waals surface area (Å²) in [5, 5.41) is 44.1. The van der Waals surface area contributed by atoms with Gasteiger partial charge in [-0.15, -0.1) is 58.8 Å². The Hall–Kier alpha value is -10.2. The van der Waals surface area contributed by atoms with E-state index in [9.17, 15) is 61.2 Å². The van der Waals surface area contributed by atoms with E-state index in [0.717, 1.165) is 106 Å². The van der Waals surface area contributed by atoms with Gasteiger partial charge >= 0.3 is 18.1 Å². The van der Waals surface area contributed by atoms with E-state index in [1.807, 2.05) is 194 Å². The van der Waals surface area contributed by atoms with Crippen LogP contribution in [0.25, 0.3) is 0 Å². The molecule has 0 bridgehead atoms. The summed E-state index contributed by atoms with van der Waals surface area (Å²) in [6, 6.07) is 87.7. The third kappa shape index (κ3) is 25.7. The molecule has 18 rings (SSSR count). The maximum atomic E-state index is 13.8. The number of alkyl halides is 3. The van der Waals surface area contributed by atoms with Crippen LogP contribution in [0, 0.1) is 0 Å². The summed E-state index contributed by atoms with van der Waals surface area (Å²) in [7, 11) is -1.44. The molecule has 0 spiro atoms. The van der Waals surface area contributed by atoms with Crippen molar-refractivity contribution < 1.29 is 66.6 Å². The van der Waals surface area contributed by atoms with Gasteiger partial charge in [0.15, 0.2) is 29.8 Å². The predicted octanol–water partition coefficient (Wildman–Crippen LogP) is 28.0. The number of carbonyl (C=O) groups is 6. The smallest absolute Gasteiger partial charge is 0.408 e. The summed E-state index contributed by atoms with van der Waals surface area (Å²) in [5.74, 6) is 0.0111. The van der Waals surface area contributed by atoms with Gasteiger partial charge in [-0.25, -0.2) is 9.59 Å². The Balaban J connectivity index is 0.000000144. The van der Waals surface area contributed by atoms with Crippen molar-refractivity contribution >= 4 is 199 Å². The summed E-state index contributed by atoms with van der Waals surface area (Å²) in [6.45, 7) is 0.421. The van der Waals surface area contributed by atoms with Crippen LogP contribution in [0.4, 0.5) is 13.2 Å². The Kier molecular flexibility index (Phi) is 37.0. The van der Waals surface area contributed by atoms with Crippen LogP contribution in [0.2, 0.25) is 40.2 Å². The summed E-state index contributed by atoms with van der Waals surface area (Å²) in [4.78, 5) is 86.8. The molecule has 4 atom stereocenters. The van der Waals surface area contributed by atoms with E-state index in [2.05, 4.69) is 18.2 Å². The van der Waals surface area contributed by atoms with E-state index in [1.54, 1.807) is 114 Å². The number of carbonyl (C=O) groups excluding carboxylic acids is 4. The number of rotatable bonds is 15. The van der Waals surface area contributed by atoms with Gasteiger partial charge in [0.05, 0.1) is 73.8 Å². The fourth-order valence-corrected chi connectivity index (χ4v) is 23.1. The number of aromatic hydroxyl groups is 1. The number of carboxylic acids is 2. The Morgan fingerprint density at radius 1 is 0.481 bits per heavy atom. The number of halogens is 11. The normalized spacial score (nSPS) is 14.1. The number of benzene rings is 13. The van der Waals surface area contributed by atoms with Crippen LogP contribution >= 0.6 is 152 Å². The summed E-state index contributed by atoms with van der Waals surface area (Å²) < 4.78 is 54.9. The van der Waals surface area contributed by atoms with Gasteiger partial charge in [-0.2, -0.15) is 13.2 Å². The lowest BCUT2D eigenvalue weighted by Gasteiger charge is -2.46. The highest BCUT2D eigenvalue weighted by Gasteiger charge is 2.48. The zero-order valence-corrected chi connectivity index (χ0v) is 80.7. The molecule has 4 aliphatic heterocycles. The largest absolute Gasteiger partial charge is 0.502 e. The highest BCUT2D eigenvalue weighted by molar-refractivity contribution is 7.99. The van der Waals surface area contributed by atoms with Gasteiger partial charge in [-0.05, 0) is 136 Å². The van der Waals surface area contributed by atoms with Crippen LogP contribution in [-0.2, 0) is 45.3 Å². The van der Waals surface area contributed by atoms with Crippen molar-refractivity contribution in [1.82, 2.24) is 9.58 Å². The van der Waals surface area contributed by atoms with E-state index in [0.29, 0.717) is 74.2 Å². The number of aliphatic hydroxyl groups excluding tert-OH is 1.